The zero-order chi connectivity index (χ0) is 19.0. The van der Waals surface area contributed by atoms with Gasteiger partial charge in [0.15, 0.2) is 5.16 Å². The van der Waals surface area contributed by atoms with Gasteiger partial charge in [0.05, 0.1) is 11.8 Å². The zero-order valence-electron chi connectivity index (χ0n) is 16.1. The molecule has 0 aromatic carbocycles. The van der Waals surface area contributed by atoms with Crippen LogP contribution in [0.2, 0.25) is 0 Å². The van der Waals surface area contributed by atoms with Gasteiger partial charge in [-0.15, -0.1) is 10.2 Å². The number of rotatable bonds is 7. The van der Waals surface area contributed by atoms with Crippen LogP contribution in [0.4, 0.5) is 5.95 Å². The van der Waals surface area contributed by atoms with Gasteiger partial charge in [0.25, 0.3) is 0 Å². The Bertz CT molecular complexity index is 742. The number of carbonyl (C=O) groups is 1. The van der Waals surface area contributed by atoms with Gasteiger partial charge in [-0.3, -0.25) is 9.36 Å². The first-order chi connectivity index (χ1) is 13.0. The molecule has 1 atom stereocenters. The predicted molar refractivity (Wildman–Crippen MR) is 105 cm³/mol. The minimum Gasteiger partial charge on any atom is -0.341 e. The number of nitriles is 1. The molecule has 2 aliphatic carbocycles. The highest BCUT2D eigenvalue weighted by Crippen LogP contribution is 2.42. The number of aromatic nitrogens is 3. The maximum Gasteiger partial charge on any atom is 0.231 e. The molecule has 0 bridgehead atoms. The number of thioether (sulfide) groups is 1. The van der Waals surface area contributed by atoms with E-state index in [0.29, 0.717) is 12.0 Å². The molecule has 2 saturated carbocycles. The Hall–Kier alpha value is -1.75. The van der Waals surface area contributed by atoms with Gasteiger partial charge < -0.3 is 10.2 Å². The standard InChI is InChI=1S/C19H28N6OS/c1-13-7-9-24(10-8-13)17-22-23-18(25(17)15-5-6-15)27-11-16(26)21-19(2,12-20)14-3-4-14/h13-15H,3-11H2,1-2H3,(H,21,26). The molecular formula is C19H28N6OS. The van der Waals surface area contributed by atoms with Gasteiger partial charge in [-0.2, -0.15) is 5.26 Å². The van der Waals surface area contributed by atoms with Gasteiger partial charge in [0, 0.05) is 19.1 Å². The number of nitrogens with one attached hydrogen (secondary N) is 1. The largest absolute Gasteiger partial charge is 0.341 e. The third-order valence-electron chi connectivity index (χ3n) is 5.98. The number of hydrogen-bond acceptors (Lipinski definition) is 6. The normalized spacial score (nSPS) is 22.9. The van der Waals surface area contributed by atoms with Gasteiger partial charge in [0.1, 0.15) is 5.54 Å². The van der Waals surface area contributed by atoms with Gasteiger partial charge in [0.2, 0.25) is 11.9 Å². The summed E-state index contributed by atoms with van der Waals surface area (Å²) in [6.45, 7) is 6.19. The SMILES string of the molecule is CC1CCN(c2nnc(SCC(=O)NC(C)(C#N)C3CC3)n2C2CC2)CC1. The summed E-state index contributed by atoms with van der Waals surface area (Å²) in [6, 6.07) is 2.75. The summed E-state index contributed by atoms with van der Waals surface area (Å²) in [5.41, 5.74) is -0.739. The Morgan fingerprint density at radius 2 is 1.96 bits per heavy atom. The topological polar surface area (TPSA) is 86.8 Å². The smallest absolute Gasteiger partial charge is 0.231 e. The molecule has 7 nitrogen and oxygen atoms in total. The molecule has 8 heteroatoms. The van der Waals surface area contributed by atoms with Gasteiger partial charge in [-0.25, -0.2) is 0 Å². The maximum absolute atomic E-state index is 12.4. The van der Waals surface area contributed by atoms with Crippen LogP contribution in [0, 0.1) is 23.2 Å². The van der Waals surface area contributed by atoms with E-state index in [2.05, 4.69) is 38.0 Å². The fourth-order valence-electron chi connectivity index (χ4n) is 3.78. The lowest BCUT2D eigenvalue weighted by molar-refractivity contribution is -0.119. The molecule has 1 aromatic rings. The summed E-state index contributed by atoms with van der Waals surface area (Å²) < 4.78 is 2.23. The van der Waals surface area contributed by atoms with E-state index in [0.717, 1.165) is 55.8 Å². The average Bonchev–Trinajstić information content (AvgIpc) is 3.58. The molecule has 1 N–H and O–H groups in total. The van der Waals surface area contributed by atoms with E-state index >= 15 is 0 Å². The van der Waals surface area contributed by atoms with Gasteiger partial charge >= 0.3 is 0 Å². The lowest BCUT2D eigenvalue weighted by atomic mass is 9.98. The van der Waals surface area contributed by atoms with Crippen LogP contribution in [0.25, 0.3) is 0 Å². The van der Waals surface area contributed by atoms with Crippen LogP contribution in [-0.4, -0.2) is 45.1 Å². The molecule has 2 heterocycles. The van der Waals surface area contributed by atoms with Crippen molar-refractivity contribution in [1.29, 1.82) is 5.26 Å². The highest BCUT2D eigenvalue weighted by Gasteiger charge is 2.43. The Kier molecular flexibility index (Phi) is 5.06. The first kappa shape index (κ1) is 18.6. The van der Waals surface area contributed by atoms with Crippen LogP contribution in [0.5, 0.6) is 0 Å². The van der Waals surface area contributed by atoms with Crippen molar-refractivity contribution >= 4 is 23.6 Å². The molecule has 1 amide bonds. The van der Waals surface area contributed by atoms with E-state index in [1.54, 1.807) is 0 Å². The van der Waals surface area contributed by atoms with Gasteiger partial charge in [-0.05, 0) is 57.3 Å². The fraction of sp³-hybridized carbons (Fsp3) is 0.789. The summed E-state index contributed by atoms with van der Waals surface area (Å²) in [6.07, 6.45) is 6.73. The van der Waals surface area contributed by atoms with Crippen molar-refractivity contribution in [2.75, 3.05) is 23.7 Å². The molecule has 1 saturated heterocycles. The number of anilines is 1. The summed E-state index contributed by atoms with van der Waals surface area (Å²) in [5.74, 6) is 2.20. The maximum atomic E-state index is 12.4. The highest BCUT2D eigenvalue weighted by molar-refractivity contribution is 7.99. The summed E-state index contributed by atoms with van der Waals surface area (Å²) in [5, 5.41) is 22.0. The van der Waals surface area contributed by atoms with E-state index in [1.807, 2.05) is 6.92 Å². The molecule has 0 spiro atoms. The molecule has 0 radical (unpaired) electrons. The number of hydrogen-bond donors (Lipinski definition) is 1. The van der Waals surface area contributed by atoms with Gasteiger partial charge in [-0.1, -0.05) is 18.7 Å². The fourth-order valence-corrected chi connectivity index (χ4v) is 4.58. The lowest BCUT2D eigenvalue weighted by Crippen LogP contribution is -2.47. The van der Waals surface area contributed by atoms with Crippen molar-refractivity contribution in [3.63, 3.8) is 0 Å². The van der Waals surface area contributed by atoms with Crippen molar-refractivity contribution < 1.29 is 4.79 Å². The third kappa shape index (κ3) is 4.08. The van der Waals surface area contributed by atoms with Crippen LogP contribution < -0.4 is 10.2 Å². The van der Waals surface area contributed by atoms with E-state index < -0.39 is 5.54 Å². The molecule has 1 unspecified atom stereocenters. The minimum absolute atomic E-state index is 0.102. The van der Waals surface area contributed by atoms with Crippen molar-refractivity contribution in [1.82, 2.24) is 20.1 Å². The number of amides is 1. The lowest BCUT2D eigenvalue weighted by Gasteiger charge is -2.31. The molecule has 146 valence electrons. The molecule has 1 aromatic heterocycles. The Balaban J connectivity index is 1.40. The van der Waals surface area contributed by atoms with Crippen LogP contribution >= 0.6 is 11.8 Å². The third-order valence-corrected chi connectivity index (χ3v) is 6.93. The quantitative estimate of drug-likeness (QED) is 0.723. The van der Waals surface area contributed by atoms with Crippen molar-refractivity contribution in [3.05, 3.63) is 0 Å². The second kappa shape index (κ2) is 7.34. The Labute approximate surface area is 164 Å². The highest BCUT2D eigenvalue weighted by atomic mass is 32.2. The summed E-state index contributed by atoms with van der Waals surface area (Å²) >= 11 is 1.43. The van der Waals surface area contributed by atoms with Crippen LogP contribution in [0.1, 0.15) is 58.4 Å². The zero-order valence-corrected chi connectivity index (χ0v) is 17.0. The van der Waals surface area contributed by atoms with E-state index in [9.17, 15) is 10.1 Å². The number of piperidine rings is 1. The van der Waals surface area contributed by atoms with Crippen LogP contribution in [-0.2, 0) is 4.79 Å². The second-order valence-corrected chi connectivity index (χ2v) is 9.42. The van der Waals surface area contributed by atoms with E-state index in [1.165, 1.54) is 24.6 Å². The summed E-state index contributed by atoms with van der Waals surface area (Å²) in [7, 11) is 0. The molecule has 3 fully saturated rings. The predicted octanol–water partition coefficient (Wildman–Crippen LogP) is 2.75. The van der Waals surface area contributed by atoms with Crippen molar-refractivity contribution in [2.24, 2.45) is 11.8 Å². The van der Waals surface area contributed by atoms with Crippen molar-refractivity contribution in [3.8, 4) is 6.07 Å². The van der Waals surface area contributed by atoms with Crippen molar-refractivity contribution in [2.45, 2.75) is 69.1 Å². The van der Waals surface area contributed by atoms with E-state index in [4.69, 9.17) is 0 Å². The first-order valence-electron chi connectivity index (χ1n) is 10.0. The van der Waals surface area contributed by atoms with Crippen LogP contribution in [0.15, 0.2) is 5.16 Å². The molecular weight excluding hydrogens is 360 g/mol. The summed E-state index contributed by atoms with van der Waals surface area (Å²) in [4.78, 5) is 14.8. The molecule has 27 heavy (non-hydrogen) atoms. The molecule has 4 rings (SSSR count). The van der Waals surface area contributed by atoms with Crippen LogP contribution in [0.3, 0.4) is 0 Å². The number of carbonyl (C=O) groups excluding carboxylic acids is 1. The molecule has 3 aliphatic rings. The monoisotopic (exact) mass is 388 g/mol. The minimum atomic E-state index is -0.739. The first-order valence-corrected chi connectivity index (χ1v) is 11.0. The molecule has 1 aliphatic heterocycles. The Morgan fingerprint density at radius 3 is 2.56 bits per heavy atom. The Morgan fingerprint density at radius 1 is 1.26 bits per heavy atom. The number of nitrogens with zero attached hydrogens (tertiary/aromatic N) is 5. The van der Waals surface area contributed by atoms with E-state index in [-0.39, 0.29) is 11.7 Å². The second-order valence-electron chi connectivity index (χ2n) is 8.48. The average molecular weight is 389 g/mol.